The Balaban J connectivity index is 1.10. The average Bonchev–Trinajstić information content (AvgIpc) is 3.37. The van der Waals surface area contributed by atoms with Crippen molar-refractivity contribution in [2.75, 3.05) is 69.3 Å². The number of hydrogen-bond acceptors (Lipinski definition) is 10. The number of morpholine rings is 1. The zero-order valence-corrected chi connectivity index (χ0v) is 28.3. The number of carbonyl (C=O) groups excluding carboxylic acids is 2. The molecule has 0 bridgehead atoms. The number of benzene rings is 1. The van der Waals surface area contributed by atoms with E-state index >= 15 is 4.39 Å². The number of hydrogen-bond donors (Lipinski definition) is 1. The largest absolute Gasteiger partial charge is 0.474 e. The Kier molecular flexibility index (Phi) is 8.84. The molecule has 1 aromatic carbocycles. The van der Waals surface area contributed by atoms with Crippen LogP contribution in [-0.2, 0) is 27.2 Å². The average molecular weight is 673 g/mol. The summed E-state index contributed by atoms with van der Waals surface area (Å²) in [5, 5.41) is 9.30. The molecule has 2 amide bonds. The van der Waals surface area contributed by atoms with Crippen LogP contribution in [0, 0.1) is 12.7 Å². The predicted molar refractivity (Wildman–Crippen MR) is 182 cm³/mol. The van der Waals surface area contributed by atoms with Gasteiger partial charge >= 0.3 is 6.09 Å². The molecule has 49 heavy (non-hydrogen) atoms. The molecular weight excluding hydrogens is 631 g/mol. The number of nitrogens with one attached hydrogen (secondary N) is 1. The number of halogens is 1. The Bertz CT molecular complexity index is 1900. The van der Waals surface area contributed by atoms with Gasteiger partial charge < -0.3 is 24.4 Å². The number of carbonyl (C=O) groups is 2. The van der Waals surface area contributed by atoms with Crippen molar-refractivity contribution in [1.29, 1.82) is 0 Å². The molecule has 3 aliphatic rings. The quantitative estimate of drug-likeness (QED) is 0.312. The number of rotatable bonds is 6. The monoisotopic (exact) mass is 672 g/mol. The molecule has 3 aromatic heterocycles. The zero-order valence-electron chi connectivity index (χ0n) is 28.3. The van der Waals surface area contributed by atoms with Crippen molar-refractivity contribution >= 4 is 40.1 Å². The first-order valence-corrected chi connectivity index (χ1v) is 16.7. The highest BCUT2D eigenvalue weighted by molar-refractivity contribution is 5.95. The molecule has 7 rings (SSSR count). The number of amides is 2. The number of aromatic nitrogens is 4. The van der Waals surface area contributed by atoms with Gasteiger partial charge in [-0.3, -0.25) is 19.3 Å². The minimum atomic E-state index is -0.685. The van der Waals surface area contributed by atoms with Crippen molar-refractivity contribution in [3.63, 3.8) is 0 Å². The second kappa shape index (κ2) is 13.2. The number of pyridine rings is 2. The molecule has 6 heterocycles. The van der Waals surface area contributed by atoms with Crippen LogP contribution in [0.1, 0.15) is 32.0 Å². The fourth-order valence-electron chi connectivity index (χ4n) is 6.46. The van der Waals surface area contributed by atoms with E-state index in [1.807, 2.05) is 24.0 Å². The summed E-state index contributed by atoms with van der Waals surface area (Å²) >= 11 is 0. The number of fused-ring (bicyclic) bond motifs is 3. The van der Waals surface area contributed by atoms with E-state index < -0.39 is 17.5 Å². The second-order valence-electron chi connectivity index (χ2n) is 13.6. The van der Waals surface area contributed by atoms with Gasteiger partial charge in [0.25, 0.3) is 0 Å². The van der Waals surface area contributed by atoms with Crippen LogP contribution in [0.5, 0.6) is 5.88 Å². The third kappa shape index (κ3) is 7.01. The normalized spacial score (nSPS) is 17.0. The maximum atomic E-state index is 15.7. The molecule has 0 saturated carbocycles. The summed E-state index contributed by atoms with van der Waals surface area (Å²) in [4.78, 5) is 40.9. The van der Waals surface area contributed by atoms with Crippen molar-refractivity contribution in [1.82, 2.24) is 29.5 Å². The fraction of sp³-hybridized carbons (Fsp3) is 0.457. The molecule has 0 aliphatic carbocycles. The van der Waals surface area contributed by atoms with Gasteiger partial charge in [-0.05, 0) is 56.8 Å². The number of nitrogens with zero attached hydrogens (tertiary/aromatic N) is 7. The zero-order chi connectivity index (χ0) is 34.3. The van der Waals surface area contributed by atoms with E-state index in [9.17, 15) is 9.59 Å². The molecule has 0 radical (unpaired) electrons. The number of anilines is 3. The minimum Gasteiger partial charge on any atom is -0.474 e. The third-order valence-corrected chi connectivity index (χ3v) is 8.99. The summed E-state index contributed by atoms with van der Waals surface area (Å²) in [6.07, 6.45) is 3.36. The van der Waals surface area contributed by atoms with E-state index in [1.54, 1.807) is 43.9 Å². The van der Waals surface area contributed by atoms with E-state index in [0.29, 0.717) is 64.8 Å². The van der Waals surface area contributed by atoms with E-state index in [-0.39, 0.29) is 25.6 Å². The van der Waals surface area contributed by atoms with Gasteiger partial charge in [0, 0.05) is 79.8 Å². The first-order chi connectivity index (χ1) is 23.5. The molecule has 0 spiro atoms. The molecular formula is C35H41FN8O5. The molecule has 0 atom stereocenters. The van der Waals surface area contributed by atoms with Gasteiger partial charge in [0.15, 0.2) is 5.82 Å². The minimum absolute atomic E-state index is 0.0489. The molecule has 0 unspecified atom stereocenters. The third-order valence-electron chi connectivity index (χ3n) is 8.99. The summed E-state index contributed by atoms with van der Waals surface area (Å²) < 4.78 is 34.2. The van der Waals surface area contributed by atoms with E-state index in [2.05, 4.69) is 25.3 Å². The lowest BCUT2D eigenvalue weighted by Crippen LogP contribution is -2.43. The van der Waals surface area contributed by atoms with Crippen molar-refractivity contribution < 1.29 is 28.2 Å². The summed E-state index contributed by atoms with van der Waals surface area (Å²) in [5.74, 6) is 1.02. The maximum Gasteiger partial charge on any atom is 0.415 e. The van der Waals surface area contributed by atoms with Gasteiger partial charge in [0.1, 0.15) is 36.1 Å². The van der Waals surface area contributed by atoms with E-state index in [0.717, 1.165) is 43.9 Å². The Morgan fingerprint density at radius 3 is 2.57 bits per heavy atom. The standard InChI is InChI=1S/C35H41FN8O5/c1-22-27(20-38-33-32(22)43(11-14-48-33)34(46)49-35(2,3)4)26-15-23-17-29(37-19-24(23)16-28(26)36)39-30-18-25-5-6-42(31(45)21-44(25)40-30)8-7-41-9-12-47-13-10-41/h15-20H,5-14,21H2,1-4H3,(H,37,39,40). The van der Waals surface area contributed by atoms with Crippen LogP contribution in [0.25, 0.3) is 21.9 Å². The first kappa shape index (κ1) is 32.7. The van der Waals surface area contributed by atoms with Crippen LogP contribution >= 0.6 is 0 Å². The molecule has 258 valence electrons. The van der Waals surface area contributed by atoms with E-state index in [1.165, 1.54) is 11.0 Å². The first-order valence-electron chi connectivity index (χ1n) is 16.7. The topological polar surface area (TPSA) is 127 Å². The number of ether oxygens (including phenoxy) is 3. The van der Waals surface area contributed by atoms with Gasteiger partial charge in [0.05, 0.1) is 19.8 Å². The highest BCUT2D eigenvalue weighted by Crippen LogP contribution is 2.40. The predicted octanol–water partition coefficient (Wildman–Crippen LogP) is 4.54. The summed E-state index contributed by atoms with van der Waals surface area (Å²) in [5.41, 5.74) is 2.26. The van der Waals surface area contributed by atoms with Crippen LogP contribution in [0.3, 0.4) is 0 Å². The second-order valence-corrected chi connectivity index (χ2v) is 13.6. The van der Waals surface area contributed by atoms with Crippen LogP contribution < -0.4 is 15.0 Å². The van der Waals surface area contributed by atoms with Crippen molar-refractivity contribution in [2.24, 2.45) is 0 Å². The Morgan fingerprint density at radius 2 is 1.78 bits per heavy atom. The lowest BCUT2D eigenvalue weighted by atomic mass is 9.98. The molecule has 1 saturated heterocycles. The lowest BCUT2D eigenvalue weighted by Gasteiger charge is -2.32. The van der Waals surface area contributed by atoms with Crippen LogP contribution in [0.15, 0.2) is 36.7 Å². The molecule has 1 fully saturated rings. The fourth-order valence-corrected chi connectivity index (χ4v) is 6.46. The molecule has 13 nitrogen and oxygen atoms in total. The van der Waals surface area contributed by atoms with Crippen LogP contribution in [0.2, 0.25) is 0 Å². The van der Waals surface area contributed by atoms with E-state index in [4.69, 9.17) is 14.2 Å². The SMILES string of the molecule is Cc1c(-c2cc3cc(Nc4cc5n(n4)CC(=O)N(CCN4CCOCC4)CC5)ncc3cc2F)cnc2c1N(C(=O)OC(C)(C)C)CCO2. The highest BCUT2D eigenvalue weighted by Gasteiger charge is 2.32. The lowest BCUT2D eigenvalue weighted by molar-refractivity contribution is -0.131. The summed E-state index contributed by atoms with van der Waals surface area (Å²) in [6, 6.07) is 6.97. The van der Waals surface area contributed by atoms with Crippen molar-refractivity contribution in [3.8, 4) is 17.0 Å². The van der Waals surface area contributed by atoms with Gasteiger partial charge in [-0.2, -0.15) is 5.10 Å². The van der Waals surface area contributed by atoms with Gasteiger partial charge in [0.2, 0.25) is 11.8 Å². The maximum absolute atomic E-state index is 15.7. The molecule has 14 heteroatoms. The molecule has 1 N–H and O–H groups in total. The van der Waals surface area contributed by atoms with Crippen molar-refractivity contribution in [3.05, 3.63) is 53.7 Å². The smallest absolute Gasteiger partial charge is 0.415 e. The van der Waals surface area contributed by atoms with Crippen LogP contribution in [0.4, 0.5) is 26.5 Å². The van der Waals surface area contributed by atoms with Gasteiger partial charge in [-0.1, -0.05) is 0 Å². The Hall–Kier alpha value is -4.82. The van der Waals surface area contributed by atoms with Crippen molar-refractivity contribution in [2.45, 2.75) is 46.3 Å². The van der Waals surface area contributed by atoms with Gasteiger partial charge in [-0.15, -0.1) is 0 Å². The Labute approximate surface area is 283 Å². The molecule has 3 aliphatic heterocycles. The molecule has 4 aromatic rings. The highest BCUT2D eigenvalue weighted by atomic mass is 19.1. The van der Waals surface area contributed by atoms with Gasteiger partial charge in [-0.25, -0.2) is 19.2 Å². The summed E-state index contributed by atoms with van der Waals surface area (Å²) in [6.45, 7) is 13.4. The Morgan fingerprint density at radius 1 is 0.959 bits per heavy atom. The van der Waals surface area contributed by atoms with Crippen LogP contribution in [-0.4, -0.2) is 106 Å². The summed E-state index contributed by atoms with van der Waals surface area (Å²) in [7, 11) is 0.